The summed E-state index contributed by atoms with van der Waals surface area (Å²) in [6.45, 7) is 15.7. The Hall–Kier alpha value is -0.470. The molecule has 0 saturated carbocycles. The molecule has 0 aromatic heterocycles. The number of rotatable bonds is 2. The van der Waals surface area contributed by atoms with Crippen LogP contribution in [-0.4, -0.2) is 16.9 Å². The smallest absolute Gasteiger partial charge is 0.0267 e. The average molecular weight is 265 g/mol. The Morgan fingerprint density at radius 1 is 1.00 bits per heavy atom. The quantitative estimate of drug-likeness (QED) is 0.690. The molecule has 0 fully saturated rings. The van der Waals surface area contributed by atoms with E-state index in [1.165, 1.54) is 16.0 Å². The zero-order chi connectivity index (χ0) is 14.1. The zero-order valence-electron chi connectivity index (χ0n) is 13.1. The number of aryl methyl sites for hydroxylation is 1. The first-order valence-corrected chi connectivity index (χ1v) is 7.32. The van der Waals surface area contributed by atoms with E-state index in [2.05, 4.69) is 78.0 Å². The van der Waals surface area contributed by atoms with Gasteiger partial charge in [0.2, 0.25) is 0 Å². The third-order valence-electron chi connectivity index (χ3n) is 3.12. The van der Waals surface area contributed by atoms with Gasteiger partial charge in [-0.3, -0.25) is 0 Å². The van der Waals surface area contributed by atoms with Crippen LogP contribution in [0.1, 0.15) is 52.7 Å². The highest BCUT2D eigenvalue weighted by molar-refractivity contribution is 7.97. The van der Waals surface area contributed by atoms with Crippen molar-refractivity contribution in [1.29, 1.82) is 0 Å². The summed E-state index contributed by atoms with van der Waals surface area (Å²) < 4.78 is 2.33. The third kappa shape index (κ3) is 4.03. The van der Waals surface area contributed by atoms with Crippen molar-refractivity contribution in [3.05, 3.63) is 29.3 Å². The molecule has 0 bridgehead atoms. The molecule has 0 N–H and O–H groups in total. The van der Waals surface area contributed by atoms with Crippen molar-refractivity contribution in [1.82, 2.24) is 4.31 Å². The predicted molar refractivity (Wildman–Crippen MR) is 83.3 cm³/mol. The van der Waals surface area contributed by atoms with Crippen LogP contribution >= 0.6 is 11.9 Å². The molecule has 0 aliphatic rings. The van der Waals surface area contributed by atoms with E-state index in [1.54, 1.807) is 0 Å². The molecular formula is C16H27NS. The topological polar surface area (TPSA) is 3.24 Å². The normalized spacial score (nSPS) is 13.2. The summed E-state index contributed by atoms with van der Waals surface area (Å²) in [5.74, 6) is 0. The van der Waals surface area contributed by atoms with E-state index in [1.807, 2.05) is 11.9 Å². The first kappa shape index (κ1) is 15.6. The minimum Gasteiger partial charge on any atom is -0.244 e. The first-order valence-electron chi connectivity index (χ1n) is 6.55. The molecule has 0 atom stereocenters. The highest BCUT2D eigenvalue weighted by Gasteiger charge is 2.23. The second kappa shape index (κ2) is 5.26. The number of benzene rings is 1. The lowest BCUT2D eigenvalue weighted by molar-refractivity contribution is 0.319. The Morgan fingerprint density at radius 3 is 2.00 bits per heavy atom. The van der Waals surface area contributed by atoms with Gasteiger partial charge in [0.15, 0.2) is 0 Å². The van der Waals surface area contributed by atoms with Crippen LogP contribution in [0.5, 0.6) is 0 Å². The van der Waals surface area contributed by atoms with Gasteiger partial charge >= 0.3 is 0 Å². The largest absolute Gasteiger partial charge is 0.244 e. The summed E-state index contributed by atoms with van der Waals surface area (Å²) in [4.78, 5) is 1.37. The fraction of sp³-hybridized carbons (Fsp3) is 0.625. The van der Waals surface area contributed by atoms with Crippen LogP contribution in [0.25, 0.3) is 0 Å². The molecular weight excluding hydrogens is 238 g/mol. The Balaban J connectivity index is 3.10. The van der Waals surface area contributed by atoms with Crippen LogP contribution in [0, 0.1) is 6.92 Å². The molecule has 0 spiro atoms. The standard InChI is InChI=1S/C16H27NS/c1-12-9-10-14(13(11-12)15(2,3)4)18-17(8)16(5,6)7/h9-11H,1-8H3. The van der Waals surface area contributed by atoms with Crippen molar-refractivity contribution in [2.24, 2.45) is 0 Å². The lowest BCUT2D eigenvalue weighted by Gasteiger charge is -2.32. The summed E-state index contributed by atoms with van der Waals surface area (Å²) >= 11 is 1.85. The highest BCUT2D eigenvalue weighted by atomic mass is 32.2. The van der Waals surface area contributed by atoms with Crippen LogP contribution in [0.3, 0.4) is 0 Å². The number of nitrogens with zero attached hydrogens (tertiary/aromatic N) is 1. The van der Waals surface area contributed by atoms with E-state index in [0.717, 1.165) is 0 Å². The number of hydrogen-bond donors (Lipinski definition) is 0. The maximum Gasteiger partial charge on any atom is 0.0267 e. The second-order valence-corrected chi connectivity index (χ2v) is 8.18. The summed E-state index contributed by atoms with van der Waals surface area (Å²) in [6, 6.07) is 6.77. The molecule has 0 aliphatic heterocycles. The second-order valence-electron chi connectivity index (χ2n) is 7.01. The molecule has 1 rings (SSSR count). The monoisotopic (exact) mass is 265 g/mol. The van der Waals surface area contributed by atoms with Crippen molar-refractivity contribution in [3.8, 4) is 0 Å². The van der Waals surface area contributed by atoms with Gasteiger partial charge in [-0.25, -0.2) is 4.31 Å². The van der Waals surface area contributed by atoms with Crippen molar-refractivity contribution >= 4 is 11.9 Å². The molecule has 1 aromatic rings. The summed E-state index contributed by atoms with van der Waals surface area (Å²) in [5, 5.41) is 0. The van der Waals surface area contributed by atoms with Crippen molar-refractivity contribution in [3.63, 3.8) is 0 Å². The van der Waals surface area contributed by atoms with E-state index in [0.29, 0.717) is 0 Å². The fourth-order valence-corrected chi connectivity index (χ4v) is 2.76. The minimum atomic E-state index is 0.171. The Bertz CT molecular complexity index is 410. The van der Waals surface area contributed by atoms with Gasteiger partial charge in [-0.15, -0.1) is 0 Å². The van der Waals surface area contributed by atoms with E-state index in [-0.39, 0.29) is 11.0 Å². The summed E-state index contributed by atoms with van der Waals surface area (Å²) in [5.41, 5.74) is 3.13. The van der Waals surface area contributed by atoms with Gasteiger partial charge in [0.25, 0.3) is 0 Å². The molecule has 18 heavy (non-hydrogen) atoms. The van der Waals surface area contributed by atoms with Crippen molar-refractivity contribution in [2.45, 2.75) is 64.3 Å². The van der Waals surface area contributed by atoms with Crippen molar-refractivity contribution < 1.29 is 0 Å². The Kier molecular flexibility index (Phi) is 4.56. The summed E-state index contributed by atoms with van der Waals surface area (Å²) in [6.07, 6.45) is 0. The Labute approximate surface area is 117 Å². The summed E-state index contributed by atoms with van der Waals surface area (Å²) in [7, 11) is 2.16. The van der Waals surface area contributed by atoms with Gasteiger partial charge in [0, 0.05) is 10.4 Å². The van der Waals surface area contributed by atoms with Gasteiger partial charge < -0.3 is 0 Å². The Morgan fingerprint density at radius 2 is 1.56 bits per heavy atom. The third-order valence-corrected chi connectivity index (χ3v) is 4.50. The number of hydrogen-bond acceptors (Lipinski definition) is 2. The lowest BCUT2D eigenvalue weighted by atomic mass is 9.86. The molecule has 1 nitrogen and oxygen atoms in total. The maximum absolute atomic E-state index is 2.33. The molecule has 0 unspecified atom stereocenters. The van der Waals surface area contributed by atoms with Crippen LogP contribution in [-0.2, 0) is 5.41 Å². The molecule has 1 aromatic carbocycles. The van der Waals surface area contributed by atoms with Crippen LogP contribution in [0.15, 0.2) is 23.1 Å². The lowest BCUT2D eigenvalue weighted by Crippen LogP contribution is -2.32. The SMILES string of the molecule is Cc1ccc(SN(C)C(C)(C)C)c(C(C)(C)C)c1. The van der Waals surface area contributed by atoms with Crippen LogP contribution in [0.2, 0.25) is 0 Å². The van der Waals surface area contributed by atoms with Gasteiger partial charge in [0.1, 0.15) is 0 Å². The maximum atomic E-state index is 2.33. The molecule has 2 heteroatoms. The van der Waals surface area contributed by atoms with E-state index >= 15 is 0 Å². The molecule has 0 radical (unpaired) electrons. The van der Waals surface area contributed by atoms with E-state index in [4.69, 9.17) is 0 Å². The molecule has 0 amide bonds. The highest BCUT2D eigenvalue weighted by Crippen LogP contribution is 2.36. The molecule has 0 aliphatic carbocycles. The van der Waals surface area contributed by atoms with Gasteiger partial charge in [-0.2, -0.15) is 0 Å². The molecule has 0 heterocycles. The first-order chi connectivity index (χ1) is 8.01. The van der Waals surface area contributed by atoms with Crippen LogP contribution in [0.4, 0.5) is 0 Å². The predicted octanol–water partition coefficient (Wildman–Crippen LogP) is 5.03. The molecule has 102 valence electrons. The van der Waals surface area contributed by atoms with Gasteiger partial charge in [-0.1, -0.05) is 38.5 Å². The van der Waals surface area contributed by atoms with Gasteiger partial charge in [0.05, 0.1) is 0 Å². The van der Waals surface area contributed by atoms with E-state index < -0.39 is 0 Å². The van der Waals surface area contributed by atoms with E-state index in [9.17, 15) is 0 Å². The van der Waals surface area contributed by atoms with Gasteiger partial charge in [-0.05, 0) is 63.7 Å². The average Bonchev–Trinajstić information content (AvgIpc) is 2.17. The minimum absolute atomic E-state index is 0.171. The van der Waals surface area contributed by atoms with Crippen molar-refractivity contribution in [2.75, 3.05) is 7.05 Å². The molecule has 0 saturated heterocycles. The fourth-order valence-electron chi connectivity index (χ4n) is 1.59. The zero-order valence-corrected chi connectivity index (χ0v) is 13.9. The van der Waals surface area contributed by atoms with Crippen LogP contribution < -0.4 is 0 Å².